The molecule has 0 amide bonds. The van der Waals surface area contributed by atoms with Crippen molar-refractivity contribution in [2.75, 3.05) is 7.11 Å². The van der Waals surface area contributed by atoms with Crippen LogP contribution in [-0.4, -0.2) is 28.8 Å². The number of esters is 1. The molecule has 1 aromatic heterocycles. The summed E-state index contributed by atoms with van der Waals surface area (Å²) >= 11 is 5.90. The Labute approximate surface area is 102 Å². The molecule has 0 atom stereocenters. The highest BCUT2D eigenvalue weighted by Gasteiger charge is 2.16. The molecular weight excluding hydrogens is 244 g/mol. The molecular formula is C11H9ClN2O3. The number of methoxy groups -OCH3 is 1. The highest BCUT2D eigenvalue weighted by molar-refractivity contribution is 6.32. The number of nitrogens with zero attached hydrogens (tertiary/aromatic N) is 2. The second kappa shape index (κ2) is 4.18. The van der Waals surface area contributed by atoms with E-state index in [2.05, 4.69) is 9.84 Å². The molecule has 1 heterocycles. The van der Waals surface area contributed by atoms with Gasteiger partial charge in [-0.2, -0.15) is 5.10 Å². The van der Waals surface area contributed by atoms with E-state index in [4.69, 9.17) is 11.6 Å². The van der Waals surface area contributed by atoms with Crippen LogP contribution >= 0.6 is 11.6 Å². The second-order valence-corrected chi connectivity index (χ2v) is 3.89. The van der Waals surface area contributed by atoms with E-state index in [9.17, 15) is 9.59 Å². The first-order chi connectivity index (χ1) is 8.04. The van der Waals surface area contributed by atoms with E-state index in [1.807, 2.05) is 0 Å². The lowest BCUT2D eigenvalue weighted by Crippen LogP contribution is -2.07. The summed E-state index contributed by atoms with van der Waals surface area (Å²) in [6.07, 6.45) is 1.44. The van der Waals surface area contributed by atoms with E-state index >= 15 is 0 Å². The van der Waals surface area contributed by atoms with Gasteiger partial charge in [-0.1, -0.05) is 11.6 Å². The monoisotopic (exact) mass is 252 g/mol. The summed E-state index contributed by atoms with van der Waals surface area (Å²) in [5.74, 6) is -0.765. The molecule has 0 fully saturated rings. The molecule has 6 heteroatoms. The molecule has 0 aliphatic rings. The molecule has 0 aliphatic heterocycles. The van der Waals surface area contributed by atoms with Gasteiger partial charge in [-0.05, 0) is 12.1 Å². The van der Waals surface area contributed by atoms with Crippen LogP contribution < -0.4 is 0 Å². The number of aromatic nitrogens is 2. The zero-order valence-electron chi connectivity index (χ0n) is 9.23. The average Bonchev–Trinajstić information content (AvgIpc) is 2.70. The fraction of sp³-hybridized carbons (Fsp3) is 0.182. The van der Waals surface area contributed by atoms with Crippen molar-refractivity contribution in [1.82, 2.24) is 9.78 Å². The van der Waals surface area contributed by atoms with Crippen molar-refractivity contribution in [1.29, 1.82) is 0 Å². The third-order valence-electron chi connectivity index (χ3n) is 2.36. The van der Waals surface area contributed by atoms with Gasteiger partial charge < -0.3 is 4.74 Å². The van der Waals surface area contributed by atoms with Gasteiger partial charge in [0.1, 0.15) is 0 Å². The highest BCUT2D eigenvalue weighted by Crippen LogP contribution is 2.24. The maximum absolute atomic E-state index is 11.6. The summed E-state index contributed by atoms with van der Waals surface area (Å²) in [6.45, 7) is 1.38. The maximum atomic E-state index is 11.6. The molecule has 5 nitrogen and oxygen atoms in total. The van der Waals surface area contributed by atoms with E-state index in [1.54, 1.807) is 6.07 Å². The minimum atomic E-state index is -0.513. The Hall–Kier alpha value is -1.88. The fourth-order valence-electron chi connectivity index (χ4n) is 1.62. The van der Waals surface area contributed by atoms with Gasteiger partial charge in [0.15, 0.2) is 0 Å². The largest absolute Gasteiger partial charge is 0.465 e. The van der Waals surface area contributed by atoms with Gasteiger partial charge in [0.2, 0.25) is 5.91 Å². The molecule has 0 radical (unpaired) electrons. The van der Waals surface area contributed by atoms with Crippen LogP contribution in [0.5, 0.6) is 0 Å². The van der Waals surface area contributed by atoms with Gasteiger partial charge in [-0.25, -0.2) is 9.48 Å². The van der Waals surface area contributed by atoms with Crippen molar-refractivity contribution in [3.8, 4) is 0 Å². The number of ether oxygens (including phenoxy) is 1. The fourth-order valence-corrected chi connectivity index (χ4v) is 1.83. The molecule has 1 aromatic carbocycles. The van der Waals surface area contributed by atoms with Crippen LogP contribution in [0.1, 0.15) is 22.1 Å². The van der Waals surface area contributed by atoms with Crippen molar-refractivity contribution in [2.45, 2.75) is 6.92 Å². The Morgan fingerprint density at radius 1 is 1.41 bits per heavy atom. The second-order valence-electron chi connectivity index (χ2n) is 3.45. The molecule has 0 bridgehead atoms. The lowest BCUT2D eigenvalue weighted by Gasteiger charge is -2.03. The Bertz CT molecular complexity index is 618. The number of carbonyl (C=O) groups excluding carboxylic acids is 2. The lowest BCUT2D eigenvalue weighted by molar-refractivity contribution is 0.0602. The van der Waals surface area contributed by atoms with Crippen molar-refractivity contribution < 1.29 is 14.3 Å². The summed E-state index contributed by atoms with van der Waals surface area (Å²) in [4.78, 5) is 22.9. The van der Waals surface area contributed by atoms with E-state index in [0.717, 1.165) is 0 Å². The number of rotatable bonds is 1. The molecule has 0 aliphatic carbocycles. The van der Waals surface area contributed by atoms with E-state index < -0.39 is 5.97 Å². The molecule has 0 spiro atoms. The minimum Gasteiger partial charge on any atom is -0.465 e. The zero-order valence-corrected chi connectivity index (χ0v) is 9.99. The Morgan fingerprint density at radius 2 is 2.12 bits per heavy atom. The first-order valence-corrected chi connectivity index (χ1v) is 5.19. The first-order valence-electron chi connectivity index (χ1n) is 4.81. The highest BCUT2D eigenvalue weighted by atomic mass is 35.5. The molecule has 0 unspecified atom stereocenters. The summed E-state index contributed by atoms with van der Waals surface area (Å²) in [5, 5.41) is 4.80. The molecule has 88 valence electrons. The van der Waals surface area contributed by atoms with E-state index in [-0.39, 0.29) is 5.91 Å². The topological polar surface area (TPSA) is 61.2 Å². The van der Waals surface area contributed by atoms with Crippen molar-refractivity contribution >= 4 is 34.4 Å². The average molecular weight is 253 g/mol. The minimum absolute atomic E-state index is 0.252. The molecule has 0 saturated heterocycles. The Balaban J connectivity index is 2.78. The number of fused-ring (bicyclic) bond motifs is 1. The third kappa shape index (κ3) is 1.89. The quantitative estimate of drug-likeness (QED) is 0.730. The van der Waals surface area contributed by atoms with Crippen molar-refractivity contribution in [3.05, 3.63) is 28.9 Å². The van der Waals surface area contributed by atoms with Gasteiger partial charge in [-0.3, -0.25) is 4.79 Å². The van der Waals surface area contributed by atoms with Gasteiger partial charge in [0, 0.05) is 17.3 Å². The summed E-state index contributed by atoms with van der Waals surface area (Å²) < 4.78 is 5.84. The zero-order chi connectivity index (χ0) is 12.6. The van der Waals surface area contributed by atoms with Crippen LogP contribution in [-0.2, 0) is 4.74 Å². The SMILES string of the molecule is COC(=O)c1cc(Cl)cc2c1cnn2C(C)=O. The predicted octanol–water partition coefficient (Wildman–Crippen LogP) is 2.14. The first kappa shape index (κ1) is 11.6. The number of carbonyl (C=O) groups is 2. The number of hydrogen-bond acceptors (Lipinski definition) is 4. The van der Waals surface area contributed by atoms with Crippen LogP contribution in [0.3, 0.4) is 0 Å². The predicted molar refractivity (Wildman–Crippen MR) is 62.4 cm³/mol. The normalized spacial score (nSPS) is 10.5. The van der Waals surface area contributed by atoms with E-state index in [1.165, 1.54) is 31.0 Å². The van der Waals surface area contributed by atoms with Crippen LogP contribution in [0.4, 0.5) is 0 Å². The van der Waals surface area contributed by atoms with E-state index in [0.29, 0.717) is 21.5 Å². The third-order valence-corrected chi connectivity index (χ3v) is 2.58. The molecule has 2 rings (SSSR count). The molecule has 0 N–H and O–H groups in total. The van der Waals surface area contributed by atoms with Gasteiger partial charge in [0.05, 0.1) is 24.4 Å². The molecule has 2 aromatic rings. The van der Waals surface area contributed by atoms with Crippen LogP contribution in [0, 0.1) is 0 Å². The smallest absolute Gasteiger partial charge is 0.338 e. The number of hydrogen-bond donors (Lipinski definition) is 0. The molecule has 17 heavy (non-hydrogen) atoms. The number of benzene rings is 1. The summed E-state index contributed by atoms with van der Waals surface area (Å²) in [6, 6.07) is 3.07. The maximum Gasteiger partial charge on any atom is 0.338 e. The molecule has 0 saturated carbocycles. The van der Waals surface area contributed by atoms with Crippen LogP contribution in [0.15, 0.2) is 18.3 Å². The summed E-state index contributed by atoms with van der Waals surface area (Å²) in [5.41, 5.74) is 0.785. The van der Waals surface area contributed by atoms with Crippen LogP contribution in [0.25, 0.3) is 10.9 Å². The standard InChI is InChI=1S/C11H9ClN2O3/c1-6(15)14-10-4-7(12)3-8(11(16)17-2)9(10)5-13-14/h3-5H,1-2H3. The Kier molecular flexibility index (Phi) is 2.85. The summed E-state index contributed by atoms with van der Waals surface area (Å²) in [7, 11) is 1.28. The van der Waals surface area contributed by atoms with Crippen molar-refractivity contribution in [3.63, 3.8) is 0 Å². The lowest BCUT2D eigenvalue weighted by atomic mass is 10.1. The van der Waals surface area contributed by atoms with Gasteiger partial charge >= 0.3 is 5.97 Å². The van der Waals surface area contributed by atoms with Crippen LogP contribution in [0.2, 0.25) is 5.02 Å². The van der Waals surface area contributed by atoms with Gasteiger partial charge in [0.25, 0.3) is 0 Å². The van der Waals surface area contributed by atoms with Crippen molar-refractivity contribution in [2.24, 2.45) is 0 Å². The number of halogens is 1. The Morgan fingerprint density at radius 3 is 2.71 bits per heavy atom. The van der Waals surface area contributed by atoms with Gasteiger partial charge in [-0.15, -0.1) is 0 Å².